The van der Waals surface area contributed by atoms with Crippen LogP contribution in [0.3, 0.4) is 0 Å². The molecule has 16 heavy (non-hydrogen) atoms. The number of halogens is 1. The van der Waals surface area contributed by atoms with E-state index < -0.39 is 0 Å². The van der Waals surface area contributed by atoms with E-state index in [9.17, 15) is 0 Å². The van der Waals surface area contributed by atoms with Crippen molar-refractivity contribution < 1.29 is 5.11 Å². The van der Waals surface area contributed by atoms with Crippen molar-refractivity contribution in [1.82, 2.24) is 0 Å². The normalized spacial score (nSPS) is 16.2. The third kappa shape index (κ3) is 2.47. The molecule has 1 heterocycles. The van der Waals surface area contributed by atoms with Crippen LogP contribution in [0.15, 0.2) is 34.3 Å². The lowest BCUT2D eigenvalue weighted by Crippen LogP contribution is -2.29. The van der Waals surface area contributed by atoms with Gasteiger partial charge in [-0.1, -0.05) is 17.7 Å². The lowest BCUT2D eigenvalue weighted by Gasteiger charge is -2.29. The van der Waals surface area contributed by atoms with Crippen molar-refractivity contribution in [1.29, 1.82) is 0 Å². The number of hydrogen-bond acceptors (Lipinski definition) is 2. The van der Waals surface area contributed by atoms with Crippen LogP contribution in [0.25, 0.3) is 0 Å². The van der Waals surface area contributed by atoms with E-state index in [0.29, 0.717) is 0 Å². The van der Waals surface area contributed by atoms with Gasteiger partial charge in [-0.15, -0.1) is 0 Å². The van der Waals surface area contributed by atoms with Crippen LogP contribution in [0.5, 0.6) is 0 Å². The molecule has 0 radical (unpaired) electrons. The SMILES string of the molecule is CC1=CCCN(c2ccc(CO)cc2Br)C1. The first-order valence-electron chi connectivity index (χ1n) is 5.50. The topological polar surface area (TPSA) is 23.5 Å². The first kappa shape index (κ1) is 11.7. The van der Waals surface area contributed by atoms with Crippen LogP contribution in [0, 0.1) is 0 Å². The zero-order valence-electron chi connectivity index (χ0n) is 9.41. The Balaban J connectivity index is 2.24. The minimum atomic E-state index is 0.0951. The summed E-state index contributed by atoms with van der Waals surface area (Å²) in [6.45, 7) is 4.32. The molecule has 0 saturated carbocycles. The molecule has 2 rings (SSSR count). The molecule has 0 saturated heterocycles. The molecular formula is C13H16BrNO. The fraction of sp³-hybridized carbons (Fsp3) is 0.385. The average Bonchev–Trinajstić information content (AvgIpc) is 2.28. The highest BCUT2D eigenvalue weighted by Gasteiger charge is 2.13. The van der Waals surface area contributed by atoms with E-state index in [4.69, 9.17) is 5.11 Å². The summed E-state index contributed by atoms with van der Waals surface area (Å²) < 4.78 is 1.06. The van der Waals surface area contributed by atoms with Crippen molar-refractivity contribution in [2.24, 2.45) is 0 Å². The van der Waals surface area contributed by atoms with Gasteiger partial charge in [0.15, 0.2) is 0 Å². The summed E-state index contributed by atoms with van der Waals surface area (Å²) >= 11 is 3.57. The van der Waals surface area contributed by atoms with Gasteiger partial charge in [0.25, 0.3) is 0 Å². The third-order valence-corrected chi connectivity index (χ3v) is 3.50. The van der Waals surface area contributed by atoms with E-state index in [2.05, 4.69) is 39.9 Å². The van der Waals surface area contributed by atoms with Crippen molar-refractivity contribution in [3.05, 3.63) is 39.9 Å². The van der Waals surface area contributed by atoms with Gasteiger partial charge in [0, 0.05) is 17.6 Å². The van der Waals surface area contributed by atoms with Gasteiger partial charge in [0.1, 0.15) is 0 Å². The van der Waals surface area contributed by atoms with Gasteiger partial charge in [-0.3, -0.25) is 0 Å². The molecule has 1 N–H and O–H groups in total. The summed E-state index contributed by atoms with van der Waals surface area (Å²) in [6, 6.07) is 6.05. The Hall–Kier alpha value is -0.800. The van der Waals surface area contributed by atoms with E-state index >= 15 is 0 Å². The van der Waals surface area contributed by atoms with Gasteiger partial charge >= 0.3 is 0 Å². The average molecular weight is 282 g/mol. The lowest BCUT2D eigenvalue weighted by atomic mass is 10.1. The van der Waals surface area contributed by atoms with Crippen molar-refractivity contribution in [3.8, 4) is 0 Å². The van der Waals surface area contributed by atoms with Crippen LogP contribution in [-0.4, -0.2) is 18.2 Å². The molecule has 1 aliphatic heterocycles. The molecule has 0 atom stereocenters. The van der Waals surface area contributed by atoms with Gasteiger partial charge in [-0.05, 0) is 47.0 Å². The quantitative estimate of drug-likeness (QED) is 0.843. The minimum Gasteiger partial charge on any atom is -0.392 e. The number of aliphatic hydroxyl groups excluding tert-OH is 1. The minimum absolute atomic E-state index is 0.0951. The Morgan fingerprint density at radius 3 is 2.88 bits per heavy atom. The van der Waals surface area contributed by atoms with Gasteiger partial charge < -0.3 is 10.0 Å². The summed E-state index contributed by atoms with van der Waals surface area (Å²) in [4.78, 5) is 2.36. The number of nitrogens with zero attached hydrogens (tertiary/aromatic N) is 1. The lowest BCUT2D eigenvalue weighted by molar-refractivity contribution is 0.282. The molecule has 0 bridgehead atoms. The fourth-order valence-electron chi connectivity index (χ4n) is 2.02. The number of anilines is 1. The Kier molecular flexibility index (Phi) is 3.66. The molecule has 0 spiro atoms. The Morgan fingerprint density at radius 2 is 2.25 bits per heavy atom. The Labute approximate surface area is 105 Å². The molecule has 3 heteroatoms. The maximum absolute atomic E-state index is 9.06. The van der Waals surface area contributed by atoms with Crippen LogP contribution in [0.1, 0.15) is 18.9 Å². The van der Waals surface area contributed by atoms with Gasteiger partial charge in [-0.2, -0.15) is 0 Å². The number of hydrogen-bond donors (Lipinski definition) is 1. The Bertz CT molecular complexity index is 414. The zero-order valence-corrected chi connectivity index (χ0v) is 11.0. The maximum Gasteiger partial charge on any atom is 0.0682 e. The van der Waals surface area contributed by atoms with Crippen LogP contribution in [-0.2, 0) is 6.61 Å². The van der Waals surface area contributed by atoms with Crippen LogP contribution in [0.4, 0.5) is 5.69 Å². The monoisotopic (exact) mass is 281 g/mol. The second-order valence-electron chi connectivity index (χ2n) is 4.20. The molecular weight excluding hydrogens is 266 g/mol. The highest BCUT2D eigenvalue weighted by Crippen LogP contribution is 2.29. The molecule has 0 aliphatic carbocycles. The molecule has 0 unspecified atom stereocenters. The van der Waals surface area contributed by atoms with E-state index in [1.54, 1.807) is 0 Å². The third-order valence-electron chi connectivity index (χ3n) is 2.87. The highest BCUT2D eigenvalue weighted by atomic mass is 79.9. The van der Waals surface area contributed by atoms with Crippen molar-refractivity contribution in [3.63, 3.8) is 0 Å². The fourth-order valence-corrected chi connectivity index (χ4v) is 2.70. The standard InChI is InChI=1S/C13H16BrNO/c1-10-3-2-6-15(8-10)13-5-4-11(9-16)7-12(13)14/h3-5,7,16H,2,6,8-9H2,1H3. The largest absolute Gasteiger partial charge is 0.392 e. The van der Waals surface area contributed by atoms with Crippen LogP contribution in [0.2, 0.25) is 0 Å². The summed E-state index contributed by atoms with van der Waals surface area (Å²) in [5.74, 6) is 0. The highest BCUT2D eigenvalue weighted by molar-refractivity contribution is 9.10. The van der Waals surface area contributed by atoms with Crippen molar-refractivity contribution in [2.75, 3.05) is 18.0 Å². The smallest absolute Gasteiger partial charge is 0.0682 e. The molecule has 86 valence electrons. The van der Waals surface area contributed by atoms with Gasteiger partial charge in [-0.25, -0.2) is 0 Å². The number of benzene rings is 1. The zero-order chi connectivity index (χ0) is 11.5. The molecule has 2 nitrogen and oxygen atoms in total. The summed E-state index contributed by atoms with van der Waals surface area (Å²) in [5.41, 5.74) is 3.58. The van der Waals surface area contributed by atoms with Crippen molar-refractivity contribution in [2.45, 2.75) is 20.0 Å². The first-order valence-corrected chi connectivity index (χ1v) is 6.30. The van der Waals surface area contributed by atoms with Crippen molar-refractivity contribution >= 4 is 21.6 Å². The molecule has 0 fully saturated rings. The second kappa shape index (κ2) is 5.02. The summed E-state index contributed by atoms with van der Waals surface area (Å²) in [7, 11) is 0. The number of aliphatic hydroxyl groups is 1. The van der Waals surface area contributed by atoms with Crippen LogP contribution < -0.4 is 4.90 Å². The maximum atomic E-state index is 9.06. The predicted octanol–water partition coefficient (Wildman–Crippen LogP) is 3.10. The van der Waals surface area contributed by atoms with Gasteiger partial charge in [0.05, 0.1) is 12.3 Å². The first-order chi connectivity index (χ1) is 7.70. The Morgan fingerprint density at radius 1 is 1.44 bits per heavy atom. The molecule has 0 amide bonds. The molecule has 1 aromatic rings. The van der Waals surface area contributed by atoms with E-state index in [1.807, 2.05) is 12.1 Å². The van der Waals surface area contributed by atoms with E-state index in [0.717, 1.165) is 29.5 Å². The number of rotatable bonds is 2. The summed E-state index contributed by atoms with van der Waals surface area (Å²) in [6.07, 6.45) is 3.41. The molecule has 1 aromatic carbocycles. The van der Waals surface area contributed by atoms with Gasteiger partial charge in [0.2, 0.25) is 0 Å². The molecule has 0 aromatic heterocycles. The second-order valence-corrected chi connectivity index (χ2v) is 5.06. The summed E-state index contributed by atoms with van der Waals surface area (Å²) in [5, 5.41) is 9.06. The van der Waals surface area contributed by atoms with E-state index in [-0.39, 0.29) is 6.61 Å². The van der Waals surface area contributed by atoms with Crippen LogP contribution >= 0.6 is 15.9 Å². The molecule has 1 aliphatic rings. The predicted molar refractivity (Wildman–Crippen MR) is 70.7 cm³/mol. The van der Waals surface area contributed by atoms with E-state index in [1.165, 1.54) is 11.3 Å².